The van der Waals surface area contributed by atoms with Crippen LogP contribution in [0, 0.1) is 0 Å². The van der Waals surface area contributed by atoms with E-state index in [4.69, 9.17) is 0 Å². The number of hydrogen-bond acceptors (Lipinski definition) is 5. The van der Waals surface area contributed by atoms with Crippen molar-refractivity contribution in [1.29, 1.82) is 0 Å². The SMILES string of the molecule is FC(F)(F)c1ccc(Nc2ncnc3c2CCNCC3)cn1. The minimum Gasteiger partial charge on any atom is -0.339 e. The van der Waals surface area contributed by atoms with Crippen molar-refractivity contribution in [2.24, 2.45) is 0 Å². The number of aromatic nitrogens is 3. The van der Waals surface area contributed by atoms with E-state index in [-0.39, 0.29) is 0 Å². The predicted octanol–water partition coefficient (Wildman–Crippen LogP) is 2.32. The van der Waals surface area contributed by atoms with Gasteiger partial charge in [-0.3, -0.25) is 0 Å². The van der Waals surface area contributed by atoms with Crippen molar-refractivity contribution in [3.63, 3.8) is 0 Å². The molecule has 3 heterocycles. The molecule has 0 saturated heterocycles. The first-order valence-electron chi connectivity index (χ1n) is 6.88. The smallest absolute Gasteiger partial charge is 0.339 e. The molecule has 2 N–H and O–H groups in total. The van der Waals surface area contributed by atoms with E-state index in [9.17, 15) is 13.2 Å². The molecule has 0 aromatic carbocycles. The quantitative estimate of drug-likeness (QED) is 0.891. The highest BCUT2D eigenvalue weighted by Crippen LogP contribution is 2.28. The lowest BCUT2D eigenvalue weighted by Gasteiger charge is -2.12. The molecular weight excluding hydrogens is 295 g/mol. The third-order valence-corrected chi connectivity index (χ3v) is 3.44. The molecule has 22 heavy (non-hydrogen) atoms. The molecule has 2 aromatic rings. The average molecular weight is 309 g/mol. The van der Waals surface area contributed by atoms with E-state index in [0.29, 0.717) is 11.5 Å². The highest BCUT2D eigenvalue weighted by Gasteiger charge is 2.32. The Morgan fingerprint density at radius 2 is 1.86 bits per heavy atom. The third-order valence-electron chi connectivity index (χ3n) is 3.44. The van der Waals surface area contributed by atoms with Crippen molar-refractivity contribution in [1.82, 2.24) is 20.3 Å². The van der Waals surface area contributed by atoms with Crippen LogP contribution in [0.5, 0.6) is 0 Å². The Labute approximate surface area is 125 Å². The van der Waals surface area contributed by atoms with Crippen LogP contribution in [0.25, 0.3) is 0 Å². The summed E-state index contributed by atoms with van der Waals surface area (Å²) in [5, 5.41) is 6.31. The van der Waals surface area contributed by atoms with Crippen molar-refractivity contribution in [2.75, 3.05) is 18.4 Å². The van der Waals surface area contributed by atoms with E-state index in [0.717, 1.165) is 49.5 Å². The molecule has 2 aromatic heterocycles. The summed E-state index contributed by atoms with van der Waals surface area (Å²) in [5.41, 5.74) is 1.50. The van der Waals surface area contributed by atoms with Gasteiger partial charge in [-0.15, -0.1) is 0 Å². The van der Waals surface area contributed by atoms with Crippen LogP contribution in [-0.4, -0.2) is 28.0 Å². The Hall–Kier alpha value is -2.22. The first-order chi connectivity index (χ1) is 10.5. The summed E-state index contributed by atoms with van der Waals surface area (Å²) in [6, 6.07) is 2.29. The fourth-order valence-electron chi connectivity index (χ4n) is 2.35. The van der Waals surface area contributed by atoms with Gasteiger partial charge in [0.2, 0.25) is 0 Å². The van der Waals surface area contributed by atoms with E-state index < -0.39 is 11.9 Å². The van der Waals surface area contributed by atoms with Crippen molar-refractivity contribution in [3.05, 3.63) is 41.6 Å². The summed E-state index contributed by atoms with van der Waals surface area (Å²) in [5.74, 6) is 0.621. The summed E-state index contributed by atoms with van der Waals surface area (Å²) < 4.78 is 37.5. The Balaban J connectivity index is 1.84. The second-order valence-corrected chi connectivity index (χ2v) is 4.95. The second-order valence-electron chi connectivity index (χ2n) is 4.95. The van der Waals surface area contributed by atoms with Gasteiger partial charge in [0.1, 0.15) is 17.8 Å². The van der Waals surface area contributed by atoms with Gasteiger partial charge in [-0.05, 0) is 25.1 Å². The molecule has 0 amide bonds. The summed E-state index contributed by atoms with van der Waals surface area (Å²) in [7, 11) is 0. The number of nitrogens with one attached hydrogen (secondary N) is 2. The van der Waals surface area contributed by atoms with Crippen LogP contribution in [0.1, 0.15) is 17.0 Å². The average Bonchev–Trinajstić information content (AvgIpc) is 2.73. The number of rotatable bonds is 2. The lowest BCUT2D eigenvalue weighted by Crippen LogP contribution is -2.16. The summed E-state index contributed by atoms with van der Waals surface area (Å²) >= 11 is 0. The summed E-state index contributed by atoms with van der Waals surface area (Å²) in [6.07, 6.45) is -0.239. The van der Waals surface area contributed by atoms with Gasteiger partial charge in [0.25, 0.3) is 0 Å². The van der Waals surface area contributed by atoms with E-state index in [1.807, 2.05) is 0 Å². The van der Waals surface area contributed by atoms with E-state index in [2.05, 4.69) is 25.6 Å². The van der Waals surface area contributed by atoms with Crippen molar-refractivity contribution in [3.8, 4) is 0 Å². The van der Waals surface area contributed by atoms with Gasteiger partial charge in [-0.1, -0.05) is 0 Å². The number of nitrogens with zero attached hydrogens (tertiary/aromatic N) is 3. The van der Waals surface area contributed by atoms with Gasteiger partial charge >= 0.3 is 6.18 Å². The van der Waals surface area contributed by atoms with Crippen molar-refractivity contribution < 1.29 is 13.2 Å². The van der Waals surface area contributed by atoms with Gasteiger partial charge in [-0.2, -0.15) is 13.2 Å². The van der Waals surface area contributed by atoms with Crippen LogP contribution >= 0.6 is 0 Å². The molecule has 0 aliphatic carbocycles. The molecule has 1 aliphatic rings. The van der Waals surface area contributed by atoms with Crippen molar-refractivity contribution >= 4 is 11.5 Å². The van der Waals surface area contributed by atoms with Crippen LogP contribution < -0.4 is 10.6 Å². The molecular formula is C14H14F3N5. The highest BCUT2D eigenvalue weighted by molar-refractivity contribution is 5.59. The minimum atomic E-state index is -4.43. The lowest BCUT2D eigenvalue weighted by atomic mass is 10.1. The van der Waals surface area contributed by atoms with Gasteiger partial charge in [0.15, 0.2) is 0 Å². The maximum absolute atomic E-state index is 12.5. The summed E-state index contributed by atoms with van der Waals surface area (Å²) in [4.78, 5) is 11.9. The van der Waals surface area contributed by atoms with Crippen LogP contribution in [0.15, 0.2) is 24.7 Å². The molecule has 1 aliphatic heterocycles. The first kappa shape index (κ1) is 14.7. The van der Waals surface area contributed by atoms with E-state index in [1.165, 1.54) is 12.4 Å². The van der Waals surface area contributed by atoms with Gasteiger partial charge in [0.05, 0.1) is 17.6 Å². The van der Waals surface area contributed by atoms with Crippen LogP contribution in [0.3, 0.4) is 0 Å². The number of alkyl halides is 3. The molecule has 8 heteroatoms. The lowest BCUT2D eigenvalue weighted by molar-refractivity contribution is -0.141. The molecule has 3 rings (SSSR count). The molecule has 0 fully saturated rings. The monoisotopic (exact) mass is 309 g/mol. The molecule has 0 unspecified atom stereocenters. The van der Waals surface area contributed by atoms with Gasteiger partial charge < -0.3 is 10.6 Å². The number of anilines is 2. The largest absolute Gasteiger partial charge is 0.433 e. The highest BCUT2D eigenvalue weighted by atomic mass is 19.4. The molecule has 116 valence electrons. The predicted molar refractivity (Wildman–Crippen MR) is 74.8 cm³/mol. The molecule has 0 spiro atoms. The summed E-state index contributed by atoms with van der Waals surface area (Å²) in [6.45, 7) is 1.67. The topological polar surface area (TPSA) is 62.7 Å². The maximum Gasteiger partial charge on any atom is 0.433 e. The van der Waals surface area contributed by atoms with Gasteiger partial charge in [-0.25, -0.2) is 15.0 Å². The van der Waals surface area contributed by atoms with E-state index >= 15 is 0 Å². The Morgan fingerprint density at radius 3 is 2.59 bits per heavy atom. The molecule has 0 atom stereocenters. The third kappa shape index (κ3) is 3.16. The Bertz CT molecular complexity index is 655. The minimum absolute atomic E-state index is 0.464. The zero-order valence-corrected chi connectivity index (χ0v) is 11.6. The zero-order chi connectivity index (χ0) is 15.6. The molecule has 5 nitrogen and oxygen atoms in total. The first-order valence-corrected chi connectivity index (χ1v) is 6.88. The van der Waals surface area contributed by atoms with Gasteiger partial charge in [0, 0.05) is 18.5 Å². The maximum atomic E-state index is 12.5. The number of pyridine rings is 1. The molecule has 0 radical (unpaired) electrons. The normalized spacial score (nSPS) is 15.0. The molecule has 0 saturated carbocycles. The zero-order valence-electron chi connectivity index (χ0n) is 11.6. The number of hydrogen-bond donors (Lipinski definition) is 2. The molecule has 0 bridgehead atoms. The van der Waals surface area contributed by atoms with E-state index in [1.54, 1.807) is 0 Å². The van der Waals surface area contributed by atoms with Crippen LogP contribution in [0.2, 0.25) is 0 Å². The Morgan fingerprint density at radius 1 is 1.05 bits per heavy atom. The Kier molecular flexibility index (Phi) is 3.93. The fourth-order valence-corrected chi connectivity index (χ4v) is 2.35. The van der Waals surface area contributed by atoms with Crippen LogP contribution in [-0.2, 0) is 19.0 Å². The van der Waals surface area contributed by atoms with Crippen molar-refractivity contribution in [2.45, 2.75) is 19.0 Å². The van der Waals surface area contributed by atoms with Crippen LogP contribution in [0.4, 0.5) is 24.7 Å². The number of halogens is 3. The standard InChI is InChI=1S/C14H14F3N5/c15-14(16,17)12-2-1-9(7-19-12)22-13-10-3-5-18-6-4-11(10)20-8-21-13/h1-2,7-8,18H,3-6H2,(H,20,21,22). The number of fused-ring (bicyclic) bond motifs is 1. The fraction of sp³-hybridized carbons (Fsp3) is 0.357. The second kappa shape index (κ2) is 5.88.